The maximum absolute atomic E-state index is 5.79. The fraction of sp³-hybridized carbons (Fsp3) is 1.00. The molecule has 0 heterocycles. The van der Waals surface area contributed by atoms with Crippen LogP contribution in [0.5, 0.6) is 0 Å². The van der Waals surface area contributed by atoms with Crippen molar-refractivity contribution in [2.24, 2.45) is 5.92 Å². The van der Waals surface area contributed by atoms with Crippen molar-refractivity contribution in [2.75, 3.05) is 6.61 Å². The van der Waals surface area contributed by atoms with Gasteiger partial charge in [-0.3, -0.25) is 0 Å². The first kappa shape index (κ1) is 11.0. The van der Waals surface area contributed by atoms with Crippen LogP contribution in [0.25, 0.3) is 0 Å². The van der Waals surface area contributed by atoms with Gasteiger partial charge in [0.05, 0.1) is 5.60 Å². The Hall–Kier alpha value is -0.0400. The Morgan fingerprint density at radius 2 is 1.82 bits per heavy atom. The largest absolute Gasteiger partial charge is 0.375 e. The molecule has 0 N–H and O–H groups in total. The van der Waals surface area contributed by atoms with Crippen LogP contribution in [0.1, 0.15) is 47.5 Å². The van der Waals surface area contributed by atoms with E-state index in [2.05, 4.69) is 34.6 Å². The summed E-state index contributed by atoms with van der Waals surface area (Å²) in [5.74, 6) is 0.610. The Morgan fingerprint density at radius 3 is 2.09 bits per heavy atom. The van der Waals surface area contributed by atoms with Gasteiger partial charge in [0.1, 0.15) is 0 Å². The van der Waals surface area contributed by atoms with Crippen molar-refractivity contribution in [3.63, 3.8) is 0 Å². The van der Waals surface area contributed by atoms with Gasteiger partial charge in [0.25, 0.3) is 0 Å². The first-order valence-corrected chi connectivity index (χ1v) is 4.70. The van der Waals surface area contributed by atoms with Crippen LogP contribution >= 0.6 is 0 Å². The van der Waals surface area contributed by atoms with Gasteiger partial charge in [-0.25, -0.2) is 0 Å². The van der Waals surface area contributed by atoms with Crippen molar-refractivity contribution < 1.29 is 4.74 Å². The van der Waals surface area contributed by atoms with Gasteiger partial charge in [-0.15, -0.1) is 0 Å². The lowest BCUT2D eigenvalue weighted by molar-refractivity contribution is -0.0666. The van der Waals surface area contributed by atoms with Gasteiger partial charge in [-0.2, -0.15) is 0 Å². The molecule has 0 fully saturated rings. The van der Waals surface area contributed by atoms with Gasteiger partial charge >= 0.3 is 0 Å². The van der Waals surface area contributed by atoms with Gasteiger partial charge < -0.3 is 4.74 Å². The molecule has 0 amide bonds. The Kier molecular flexibility index (Phi) is 4.74. The van der Waals surface area contributed by atoms with Crippen molar-refractivity contribution in [3.05, 3.63) is 0 Å². The third-order valence-electron chi connectivity index (χ3n) is 2.56. The zero-order chi connectivity index (χ0) is 8.91. The Labute approximate surface area is 71.1 Å². The van der Waals surface area contributed by atoms with Gasteiger partial charge in [0.15, 0.2) is 0 Å². The first-order valence-electron chi connectivity index (χ1n) is 4.70. The summed E-state index contributed by atoms with van der Waals surface area (Å²) in [6, 6.07) is 0. The quantitative estimate of drug-likeness (QED) is 0.597. The lowest BCUT2D eigenvalue weighted by Gasteiger charge is -2.32. The molecule has 0 saturated carbocycles. The van der Waals surface area contributed by atoms with E-state index in [4.69, 9.17) is 4.74 Å². The first-order chi connectivity index (χ1) is 5.06. The third kappa shape index (κ3) is 3.24. The van der Waals surface area contributed by atoms with Crippen molar-refractivity contribution in [3.8, 4) is 0 Å². The molecular weight excluding hydrogens is 136 g/mol. The standard InChI is InChI=1S/C10H22O/c1-6-8-11-10(5,7-2)9(3)4/h9H,6-8H2,1-5H3. The average molecular weight is 158 g/mol. The second-order valence-electron chi connectivity index (χ2n) is 3.67. The molecule has 1 atom stereocenters. The van der Waals surface area contributed by atoms with Crippen molar-refractivity contribution in [2.45, 2.75) is 53.1 Å². The summed E-state index contributed by atoms with van der Waals surface area (Å²) in [6.45, 7) is 11.9. The molecule has 0 rings (SSSR count). The second kappa shape index (κ2) is 4.76. The fourth-order valence-electron chi connectivity index (χ4n) is 1.01. The molecule has 0 aromatic rings. The van der Waals surface area contributed by atoms with Gasteiger partial charge in [0, 0.05) is 6.61 Å². The maximum atomic E-state index is 5.79. The van der Waals surface area contributed by atoms with E-state index < -0.39 is 0 Å². The summed E-state index contributed by atoms with van der Waals surface area (Å²) >= 11 is 0. The van der Waals surface area contributed by atoms with Crippen LogP contribution in [0.3, 0.4) is 0 Å². The molecule has 0 bridgehead atoms. The summed E-state index contributed by atoms with van der Waals surface area (Å²) in [4.78, 5) is 0. The van der Waals surface area contributed by atoms with E-state index in [1.165, 1.54) is 0 Å². The van der Waals surface area contributed by atoms with E-state index in [0.29, 0.717) is 5.92 Å². The highest BCUT2D eigenvalue weighted by molar-refractivity contribution is 4.76. The molecule has 1 unspecified atom stereocenters. The summed E-state index contributed by atoms with van der Waals surface area (Å²) in [7, 11) is 0. The predicted molar refractivity (Wildman–Crippen MR) is 49.8 cm³/mol. The smallest absolute Gasteiger partial charge is 0.0674 e. The molecule has 0 aromatic heterocycles. The summed E-state index contributed by atoms with van der Waals surface area (Å²) < 4.78 is 5.79. The molecule has 0 radical (unpaired) electrons. The monoisotopic (exact) mass is 158 g/mol. The minimum Gasteiger partial charge on any atom is -0.375 e. The van der Waals surface area contributed by atoms with Crippen LogP contribution in [-0.2, 0) is 4.74 Å². The molecule has 1 heteroatoms. The highest BCUT2D eigenvalue weighted by atomic mass is 16.5. The summed E-state index contributed by atoms with van der Waals surface area (Å²) in [5, 5.41) is 0. The Balaban J connectivity index is 3.88. The topological polar surface area (TPSA) is 9.23 Å². The SMILES string of the molecule is CCCOC(C)(CC)C(C)C. The van der Waals surface area contributed by atoms with Crippen LogP contribution in [0.15, 0.2) is 0 Å². The molecule has 68 valence electrons. The Morgan fingerprint density at radius 1 is 1.27 bits per heavy atom. The normalized spacial score (nSPS) is 16.9. The lowest BCUT2D eigenvalue weighted by atomic mass is 9.90. The summed E-state index contributed by atoms with van der Waals surface area (Å²) in [6.07, 6.45) is 2.22. The molecule has 0 aliphatic carbocycles. The average Bonchev–Trinajstić information content (AvgIpc) is 2.00. The van der Waals surface area contributed by atoms with E-state index in [9.17, 15) is 0 Å². The van der Waals surface area contributed by atoms with Crippen LogP contribution in [-0.4, -0.2) is 12.2 Å². The molecular formula is C10H22O. The van der Waals surface area contributed by atoms with E-state index in [0.717, 1.165) is 19.4 Å². The molecule has 1 nitrogen and oxygen atoms in total. The maximum Gasteiger partial charge on any atom is 0.0674 e. The van der Waals surface area contributed by atoms with E-state index in [-0.39, 0.29) is 5.60 Å². The lowest BCUT2D eigenvalue weighted by Crippen LogP contribution is -2.34. The zero-order valence-corrected chi connectivity index (χ0v) is 8.61. The molecule has 0 saturated heterocycles. The number of rotatable bonds is 5. The van der Waals surface area contributed by atoms with Crippen LogP contribution in [0.2, 0.25) is 0 Å². The highest BCUT2D eigenvalue weighted by Gasteiger charge is 2.26. The molecule has 0 aromatic carbocycles. The van der Waals surface area contributed by atoms with E-state index in [1.54, 1.807) is 0 Å². The van der Waals surface area contributed by atoms with Crippen molar-refractivity contribution >= 4 is 0 Å². The van der Waals surface area contributed by atoms with Crippen LogP contribution < -0.4 is 0 Å². The molecule has 0 spiro atoms. The molecule has 0 aliphatic rings. The van der Waals surface area contributed by atoms with Gasteiger partial charge in [0.2, 0.25) is 0 Å². The minimum atomic E-state index is 0.0933. The number of ether oxygens (including phenoxy) is 1. The minimum absolute atomic E-state index is 0.0933. The zero-order valence-electron chi connectivity index (χ0n) is 8.61. The highest BCUT2D eigenvalue weighted by Crippen LogP contribution is 2.24. The Bertz CT molecular complexity index is 99.0. The fourth-order valence-corrected chi connectivity index (χ4v) is 1.01. The van der Waals surface area contributed by atoms with Crippen LogP contribution in [0.4, 0.5) is 0 Å². The molecule has 11 heavy (non-hydrogen) atoms. The summed E-state index contributed by atoms with van der Waals surface area (Å²) in [5.41, 5.74) is 0.0933. The number of hydrogen-bond acceptors (Lipinski definition) is 1. The van der Waals surface area contributed by atoms with Crippen molar-refractivity contribution in [1.82, 2.24) is 0 Å². The van der Waals surface area contributed by atoms with E-state index in [1.807, 2.05) is 0 Å². The predicted octanol–water partition coefficient (Wildman–Crippen LogP) is 3.24. The van der Waals surface area contributed by atoms with Gasteiger partial charge in [-0.05, 0) is 25.7 Å². The van der Waals surface area contributed by atoms with Crippen molar-refractivity contribution in [1.29, 1.82) is 0 Å². The third-order valence-corrected chi connectivity index (χ3v) is 2.56. The molecule has 0 aliphatic heterocycles. The van der Waals surface area contributed by atoms with Gasteiger partial charge in [-0.1, -0.05) is 27.7 Å². The van der Waals surface area contributed by atoms with Crippen LogP contribution in [0, 0.1) is 5.92 Å². The van der Waals surface area contributed by atoms with E-state index >= 15 is 0 Å². The second-order valence-corrected chi connectivity index (χ2v) is 3.67. The number of hydrogen-bond donors (Lipinski definition) is 0.